The summed E-state index contributed by atoms with van der Waals surface area (Å²) in [6.07, 6.45) is 34.0. The predicted molar refractivity (Wildman–Crippen MR) is 154 cm³/mol. The van der Waals surface area contributed by atoms with Gasteiger partial charge in [0.15, 0.2) is 0 Å². The number of unbranched alkanes of at least 4 members (excludes halogenated alkanes) is 24. The van der Waals surface area contributed by atoms with E-state index in [4.69, 9.17) is 5.11 Å². The summed E-state index contributed by atoms with van der Waals surface area (Å²) in [4.78, 5) is 10.4. The number of carbonyl (C=O) groups is 1. The third-order valence-corrected chi connectivity index (χ3v) is 6.84. The minimum Gasteiger partial charge on any atom is -0.481 e. The third-order valence-electron chi connectivity index (χ3n) is 6.84. The molecule has 0 saturated heterocycles. The van der Waals surface area contributed by atoms with Crippen molar-refractivity contribution in [3.05, 3.63) is 0 Å². The van der Waals surface area contributed by atoms with Crippen molar-refractivity contribution in [1.29, 1.82) is 0 Å². The van der Waals surface area contributed by atoms with E-state index in [9.17, 15) is 4.79 Å². The van der Waals surface area contributed by atoms with Gasteiger partial charge in [0.25, 0.3) is 0 Å². The summed E-state index contributed by atoms with van der Waals surface area (Å²) in [5, 5.41) is 8.60. The molecule has 0 aromatic heterocycles. The third kappa shape index (κ3) is 32.6. The van der Waals surface area contributed by atoms with Gasteiger partial charge in [0.1, 0.15) is 0 Å². The molecule has 0 aliphatic heterocycles. The van der Waals surface area contributed by atoms with Crippen LogP contribution < -0.4 is 0 Å². The summed E-state index contributed by atoms with van der Waals surface area (Å²) in [5.41, 5.74) is 0. The van der Waals surface area contributed by atoms with Gasteiger partial charge in [0, 0.05) is 19.3 Å². The summed E-state index contributed by atoms with van der Waals surface area (Å²) in [7, 11) is 0. The quantitative estimate of drug-likeness (QED) is 0.0974. The van der Waals surface area contributed by atoms with Gasteiger partial charge in [-0.2, -0.15) is 0 Å². The largest absolute Gasteiger partial charge is 0.481 e. The van der Waals surface area contributed by atoms with E-state index < -0.39 is 5.97 Å². The molecule has 0 spiro atoms. The van der Waals surface area contributed by atoms with Gasteiger partial charge < -0.3 is 5.11 Å². The first kappa shape index (κ1) is 33.6. The second kappa shape index (κ2) is 30.6. The van der Waals surface area contributed by atoms with Crippen LogP contribution in [0.4, 0.5) is 0 Å². The van der Waals surface area contributed by atoms with Crippen LogP contribution in [0.1, 0.15) is 180 Å². The Morgan fingerprint density at radius 2 is 0.743 bits per heavy atom. The first-order valence-corrected chi connectivity index (χ1v) is 15.4. The molecule has 35 heavy (non-hydrogen) atoms. The van der Waals surface area contributed by atoms with E-state index in [1.165, 1.54) is 141 Å². The maximum absolute atomic E-state index is 10.4. The molecule has 0 unspecified atom stereocenters. The van der Waals surface area contributed by atoms with Crippen molar-refractivity contribution >= 4 is 5.97 Å². The molecule has 0 aromatic rings. The fourth-order valence-electron chi connectivity index (χ4n) is 4.53. The smallest absolute Gasteiger partial charge is 0.303 e. The first-order chi connectivity index (χ1) is 17.3. The summed E-state index contributed by atoms with van der Waals surface area (Å²) >= 11 is 0. The minimum atomic E-state index is -0.667. The monoisotopic (exact) mass is 486 g/mol. The Hall–Kier alpha value is -1.41. The van der Waals surface area contributed by atoms with Crippen LogP contribution in [0, 0.1) is 23.7 Å². The van der Waals surface area contributed by atoms with Crippen LogP contribution in [-0.2, 0) is 4.79 Å². The molecule has 2 heteroatoms. The molecular weight excluding hydrogens is 428 g/mol. The fourth-order valence-corrected chi connectivity index (χ4v) is 4.53. The van der Waals surface area contributed by atoms with Crippen LogP contribution in [0.25, 0.3) is 0 Å². The SMILES string of the molecule is CCCCCCCCCCCCCCCCCC#CC#CCCCCCCCCCCCC(=O)O. The molecule has 0 bridgehead atoms. The molecule has 0 fully saturated rings. The van der Waals surface area contributed by atoms with Gasteiger partial charge in [0.2, 0.25) is 0 Å². The highest BCUT2D eigenvalue weighted by Gasteiger charge is 1.97. The van der Waals surface area contributed by atoms with Crippen LogP contribution >= 0.6 is 0 Å². The standard InChI is InChI=1S/C33H58O2/c1-2-3-4-5-6-7-8-9-10-11-12-13-14-15-16-17-18-19-20-21-22-23-24-25-26-27-28-29-30-31-32-33(34)35/h2-17,22-32H2,1H3,(H,34,35). The van der Waals surface area contributed by atoms with Gasteiger partial charge in [-0.25, -0.2) is 0 Å². The number of aliphatic carboxylic acids is 1. The van der Waals surface area contributed by atoms with Crippen molar-refractivity contribution in [2.75, 3.05) is 0 Å². The highest BCUT2D eigenvalue weighted by atomic mass is 16.4. The highest BCUT2D eigenvalue weighted by Crippen LogP contribution is 2.14. The number of hydrogen-bond acceptors (Lipinski definition) is 1. The lowest BCUT2D eigenvalue weighted by atomic mass is 10.0. The average Bonchev–Trinajstić information content (AvgIpc) is 2.85. The van der Waals surface area contributed by atoms with Crippen molar-refractivity contribution in [1.82, 2.24) is 0 Å². The highest BCUT2D eigenvalue weighted by molar-refractivity contribution is 5.66. The van der Waals surface area contributed by atoms with E-state index in [0.29, 0.717) is 6.42 Å². The van der Waals surface area contributed by atoms with Crippen LogP contribution in [0.5, 0.6) is 0 Å². The van der Waals surface area contributed by atoms with E-state index in [-0.39, 0.29) is 0 Å². The predicted octanol–water partition coefficient (Wildman–Crippen LogP) is 10.6. The molecule has 0 atom stereocenters. The summed E-state index contributed by atoms with van der Waals surface area (Å²) in [5.74, 6) is 11.8. The Balaban J connectivity index is 3.21. The fraction of sp³-hybridized carbons (Fsp3) is 0.848. The molecule has 0 amide bonds. The average molecular weight is 487 g/mol. The normalized spacial score (nSPS) is 10.4. The summed E-state index contributed by atoms with van der Waals surface area (Å²) in [6, 6.07) is 0. The van der Waals surface area contributed by atoms with E-state index >= 15 is 0 Å². The Labute approximate surface area is 219 Å². The number of hydrogen-bond donors (Lipinski definition) is 1. The van der Waals surface area contributed by atoms with Crippen molar-refractivity contribution in [2.45, 2.75) is 180 Å². The zero-order chi connectivity index (χ0) is 25.5. The van der Waals surface area contributed by atoms with Gasteiger partial charge in [-0.05, 0) is 31.1 Å². The molecule has 0 heterocycles. The molecule has 2 nitrogen and oxygen atoms in total. The molecular formula is C33H58O2. The molecule has 0 rings (SSSR count). The van der Waals surface area contributed by atoms with Gasteiger partial charge in [-0.1, -0.05) is 154 Å². The van der Waals surface area contributed by atoms with Crippen LogP contribution in [0.15, 0.2) is 0 Å². The number of carboxylic acid groups (broad SMARTS) is 1. The Morgan fingerprint density at radius 3 is 1.06 bits per heavy atom. The van der Waals surface area contributed by atoms with E-state index in [2.05, 4.69) is 30.6 Å². The molecule has 0 aliphatic carbocycles. The van der Waals surface area contributed by atoms with Gasteiger partial charge >= 0.3 is 5.97 Å². The Bertz CT molecular complexity index is 557. The maximum Gasteiger partial charge on any atom is 0.303 e. The van der Waals surface area contributed by atoms with Crippen molar-refractivity contribution in [2.24, 2.45) is 0 Å². The molecule has 0 radical (unpaired) electrons. The number of rotatable bonds is 26. The van der Waals surface area contributed by atoms with Crippen LogP contribution in [-0.4, -0.2) is 11.1 Å². The summed E-state index contributed by atoms with van der Waals surface area (Å²) < 4.78 is 0. The molecule has 0 aliphatic rings. The Kier molecular flexibility index (Phi) is 29.4. The van der Waals surface area contributed by atoms with E-state index in [1.807, 2.05) is 0 Å². The molecule has 0 aromatic carbocycles. The van der Waals surface area contributed by atoms with Crippen molar-refractivity contribution in [3.8, 4) is 23.7 Å². The van der Waals surface area contributed by atoms with E-state index in [0.717, 1.165) is 25.7 Å². The second-order valence-corrected chi connectivity index (χ2v) is 10.4. The maximum atomic E-state index is 10.4. The topological polar surface area (TPSA) is 37.3 Å². The Morgan fingerprint density at radius 1 is 0.457 bits per heavy atom. The van der Waals surface area contributed by atoms with Crippen LogP contribution in [0.2, 0.25) is 0 Å². The summed E-state index contributed by atoms with van der Waals surface area (Å²) in [6.45, 7) is 2.29. The zero-order valence-corrected chi connectivity index (χ0v) is 23.4. The van der Waals surface area contributed by atoms with Crippen LogP contribution in [0.3, 0.4) is 0 Å². The van der Waals surface area contributed by atoms with Crippen molar-refractivity contribution < 1.29 is 9.90 Å². The lowest BCUT2D eigenvalue weighted by molar-refractivity contribution is -0.137. The van der Waals surface area contributed by atoms with Gasteiger partial charge in [0.05, 0.1) is 0 Å². The van der Waals surface area contributed by atoms with Gasteiger partial charge in [-0.15, -0.1) is 0 Å². The van der Waals surface area contributed by atoms with Crippen molar-refractivity contribution in [3.63, 3.8) is 0 Å². The molecule has 202 valence electrons. The molecule has 1 N–H and O–H groups in total. The second-order valence-electron chi connectivity index (χ2n) is 10.4. The lowest BCUT2D eigenvalue weighted by Gasteiger charge is -2.03. The zero-order valence-electron chi connectivity index (χ0n) is 23.4. The van der Waals surface area contributed by atoms with Gasteiger partial charge in [-0.3, -0.25) is 4.79 Å². The first-order valence-electron chi connectivity index (χ1n) is 15.4. The van der Waals surface area contributed by atoms with E-state index in [1.54, 1.807) is 0 Å². The molecule has 0 saturated carbocycles. The number of carboxylic acids is 1. The lowest BCUT2D eigenvalue weighted by Crippen LogP contribution is -1.93. The minimum absolute atomic E-state index is 0.324.